The van der Waals surface area contributed by atoms with Gasteiger partial charge in [-0.3, -0.25) is 4.72 Å². The molecule has 1 atom stereocenters. The summed E-state index contributed by atoms with van der Waals surface area (Å²) >= 11 is 4.07. The van der Waals surface area contributed by atoms with Gasteiger partial charge in [0.2, 0.25) is 4.58 Å². The molecule has 0 aliphatic carbocycles. The van der Waals surface area contributed by atoms with Gasteiger partial charge in [0, 0.05) is 0 Å². The molecule has 0 amide bonds. The van der Waals surface area contributed by atoms with Gasteiger partial charge in [0.05, 0.1) is 12.3 Å². The van der Waals surface area contributed by atoms with Gasteiger partial charge < -0.3 is 4.74 Å². The van der Waals surface area contributed by atoms with Crippen LogP contribution in [0.4, 0.5) is 5.69 Å². The number of hydrogen-bond acceptors (Lipinski definition) is 5. The highest BCUT2D eigenvalue weighted by Gasteiger charge is 2.32. The Labute approximate surface area is 195 Å². The molecule has 0 aliphatic rings. The summed E-state index contributed by atoms with van der Waals surface area (Å²) in [5, 5.41) is 0. The average molecular weight is 472 g/mol. The highest BCUT2D eigenvalue weighted by Crippen LogP contribution is 2.33. The van der Waals surface area contributed by atoms with Crippen molar-refractivity contribution in [2.45, 2.75) is 102 Å². The Bertz CT molecular complexity index is 750. The molecule has 1 aromatic rings. The number of hydrogen-bond donors (Lipinski definition) is 2. The first-order valence-electron chi connectivity index (χ1n) is 11.6. The van der Waals surface area contributed by atoms with Gasteiger partial charge in [-0.2, -0.15) is 0 Å². The molecule has 5 nitrogen and oxygen atoms in total. The van der Waals surface area contributed by atoms with E-state index in [-0.39, 0.29) is 18.4 Å². The number of rotatable bonds is 15. The Hall–Kier alpha value is -1.21. The molecule has 1 aromatic carbocycles. The van der Waals surface area contributed by atoms with E-state index in [1.807, 2.05) is 45.9 Å². The van der Waals surface area contributed by atoms with E-state index in [2.05, 4.69) is 24.3 Å². The van der Waals surface area contributed by atoms with Crippen molar-refractivity contribution in [3.05, 3.63) is 29.3 Å². The van der Waals surface area contributed by atoms with Crippen molar-refractivity contribution in [1.29, 1.82) is 0 Å². The van der Waals surface area contributed by atoms with E-state index in [1.165, 1.54) is 32.1 Å². The van der Waals surface area contributed by atoms with Crippen LogP contribution in [-0.2, 0) is 19.6 Å². The lowest BCUT2D eigenvalue weighted by Gasteiger charge is -2.22. The fraction of sp³-hybridized carbons (Fsp3) is 0.708. The number of thiol groups is 1. The van der Waals surface area contributed by atoms with E-state index in [0.717, 1.165) is 30.4 Å². The largest absolute Gasteiger partial charge is 0.464 e. The van der Waals surface area contributed by atoms with E-state index in [4.69, 9.17) is 4.74 Å². The molecule has 0 aliphatic heterocycles. The molecule has 0 bridgehead atoms. The molecule has 31 heavy (non-hydrogen) atoms. The molecule has 1 N–H and O–H groups in total. The van der Waals surface area contributed by atoms with Crippen molar-refractivity contribution in [1.82, 2.24) is 0 Å². The quantitative estimate of drug-likeness (QED) is 0.171. The lowest BCUT2D eigenvalue weighted by atomic mass is 9.93. The van der Waals surface area contributed by atoms with Gasteiger partial charge in [0.1, 0.15) is 0 Å². The molecule has 0 fully saturated rings. The fourth-order valence-electron chi connectivity index (χ4n) is 3.47. The summed E-state index contributed by atoms with van der Waals surface area (Å²) in [6.45, 7) is 10.5. The lowest BCUT2D eigenvalue weighted by Crippen LogP contribution is -2.33. The van der Waals surface area contributed by atoms with Crippen molar-refractivity contribution in [2.75, 3.05) is 11.3 Å². The molecule has 7 heteroatoms. The van der Waals surface area contributed by atoms with Crippen LogP contribution in [0.15, 0.2) is 18.2 Å². The Balaban J connectivity index is 2.63. The van der Waals surface area contributed by atoms with E-state index in [9.17, 15) is 13.2 Å². The van der Waals surface area contributed by atoms with Crippen molar-refractivity contribution in [2.24, 2.45) is 0 Å². The first kappa shape index (κ1) is 27.8. The van der Waals surface area contributed by atoms with Crippen LogP contribution < -0.4 is 4.72 Å². The summed E-state index contributed by atoms with van der Waals surface area (Å²) in [5.74, 6) is -0.570. The summed E-state index contributed by atoms with van der Waals surface area (Å²) in [6, 6.07) is 5.74. The fourth-order valence-corrected chi connectivity index (χ4v) is 4.66. The minimum atomic E-state index is -4.05. The Morgan fingerprint density at radius 2 is 1.42 bits per heavy atom. The molecular weight excluding hydrogens is 430 g/mol. The number of sulfonamides is 1. The highest BCUT2D eigenvalue weighted by atomic mass is 32.3. The molecule has 0 aromatic heterocycles. The number of esters is 1. The van der Waals surface area contributed by atoms with Gasteiger partial charge >= 0.3 is 5.97 Å². The average Bonchev–Trinajstić information content (AvgIpc) is 2.71. The van der Waals surface area contributed by atoms with Crippen LogP contribution in [0.2, 0.25) is 0 Å². The smallest absolute Gasteiger partial charge is 0.336 e. The SMILES string of the molecule is CCCCCCCCCCOC(=O)C(S)S(=O)(=O)Nc1c(C(C)C)cccc1C(C)C. The maximum Gasteiger partial charge on any atom is 0.336 e. The second kappa shape index (κ2) is 14.0. The third-order valence-corrected chi connectivity index (χ3v) is 7.67. The summed E-state index contributed by atoms with van der Waals surface area (Å²) in [4.78, 5) is 12.3. The van der Waals surface area contributed by atoms with Crippen molar-refractivity contribution < 1.29 is 17.9 Å². The second-order valence-corrected chi connectivity index (χ2v) is 11.4. The molecule has 1 unspecified atom stereocenters. The minimum absolute atomic E-state index is 0.128. The van der Waals surface area contributed by atoms with Gasteiger partial charge in [-0.25, -0.2) is 13.2 Å². The number of benzene rings is 1. The van der Waals surface area contributed by atoms with Gasteiger partial charge in [-0.05, 0) is 29.4 Å². The van der Waals surface area contributed by atoms with Gasteiger partial charge in [-0.1, -0.05) is 97.8 Å². The van der Waals surface area contributed by atoms with Crippen LogP contribution >= 0.6 is 12.6 Å². The van der Waals surface area contributed by atoms with Crippen LogP contribution in [0.1, 0.15) is 109 Å². The molecule has 0 saturated heterocycles. The molecule has 1 rings (SSSR count). The van der Waals surface area contributed by atoms with E-state index in [1.54, 1.807) is 0 Å². The van der Waals surface area contributed by atoms with Crippen LogP contribution in [0, 0.1) is 0 Å². The van der Waals surface area contributed by atoms with Gasteiger partial charge in [0.25, 0.3) is 10.0 Å². The summed E-state index contributed by atoms with van der Waals surface area (Å²) in [6.07, 6.45) is 9.04. The zero-order valence-electron chi connectivity index (χ0n) is 19.8. The number of para-hydroxylation sites is 1. The maximum atomic E-state index is 12.9. The Morgan fingerprint density at radius 3 is 1.90 bits per heavy atom. The first-order valence-corrected chi connectivity index (χ1v) is 13.7. The molecular formula is C24H41NO4S2. The van der Waals surface area contributed by atoms with E-state index in [0.29, 0.717) is 5.69 Å². The topological polar surface area (TPSA) is 72.5 Å². The molecule has 0 radical (unpaired) electrons. The van der Waals surface area contributed by atoms with Crippen molar-refractivity contribution >= 4 is 34.3 Å². The zero-order valence-corrected chi connectivity index (χ0v) is 21.5. The monoisotopic (exact) mass is 471 g/mol. The number of carbonyl (C=O) groups excluding carboxylic acids is 1. The third kappa shape index (κ3) is 9.44. The Morgan fingerprint density at radius 1 is 0.935 bits per heavy atom. The molecule has 178 valence electrons. The standard InChI is InChI=1S/C24H41NO4S2/c1-6-7-8-9-10-11-12-13-17-29-23(26)24(30)31(27,28)25-22-20(18(2)3)15-14-16-21(22)19(4)5/h14-16,18-19,24-25,30H,6-13,17H2,1-5H3. The summed E-state index contributed by atoms with van der Waals surface area (Å²) in [5.41, 5.74) is 2.33. The van der Waals surface area contributed by atoms with E-state index < -0.39 is 20.6 Å². The first-order chi connectivity index (χ1) is 14.6. The highest BCUT2D eigenvalue weighted by molar-refractivity contribution is 8.06. The molecule has 0 spiro atoms. The van der Waals surface area contributed by atoms with Crippen LogP contribution in [-0.4, -0.2) is 25.6 Å². The normalized spacial score (nSPS) is 12.9. The van der Waals surface area contributed by atoms with Gasteiger partial charge in [-0.15, -0.1) is 12.6 Å². The minimum Gasteiger partial charge on any atom is -0.464 e. The van der Waals surface area contributed by atoms with Crippen LogP contribution in [0.3, 0.4) is 0 Å². The number of nitrogens with one attached hydrogen (secondary N) is 1. The van der Waals surface area contributed by atoms with Crippen molar-refractivity contribution in [3.8, 4) is 0 Å². The van der Waals surface area contributed by atoms with Crippen LogP contribution in [0.25, 0.3) is 0 Å². The van der Waals surface area contributed by atoms with Crippen LogP contribution in [0.5, 0.6) is 0 Å². The molecule has 0 saturated carbocycles. The Kier molecular flexibility index (Phi) is 12.6. The zero-order chi connectivity index (χ0) is 23.4. The number of unbranched alkanes of at least 4 members (excludes halogenated alkanes) is 7. The van der Waals surface area contributed by atoms with Crippen molar-refractivity contribution in [3.63, 3.8) is 0 Å². The van der Waals surface area contributed by atoms with E-state index >= 15 is 0 Å². The number of anilines is 1. The number of ether oxygens (including phenoxy) is 1. The number of carbonyl (C=O) groups is 1. The lowest BCUT2D eigenvalue weighted by molar-refractivity contribution is -0.141. The summed E-state index contributed by atoms with van der Waals surface area (Å²) in [7, 11) is -4.05. The predicted octanol–water partition coefficient (Wildman–Crippen LogP) is 6.61. The van der Waals surface area contributed by atoms with Gasteiger partial charge in [0.15, 0.2) is 0 Å². The third-order valence-electron chi connectivity index (χ3n) is 5.36. The summed E-state index contributed by atoms with van der Waals surface area (Å²) < 4.78 is 32.0. The predicted molar refractivity (Wildman–Crippen MR) is 134 cm³/mol. The maximum absolute atomic E-state index is 12.9. The molecule has 0 heterocycles. The second-order valence-electron chi connectivity index (χ2n) is 8.76.